The Bertz CT molecular complexity index is 551. The van der Waals surface area contributed by atoms with Crippen LogP contribution in [0.2, 0.25) is 0 Å². The molecule has 0 saturated heterocycles. The van der Waals surface area contributed by atoms with Crippen molar-refractivity contribution in [1.82, 2.24) is 0 Å². The third-order valence-corrected chi connectivity index (χ3v) is 3.49. The van der Waals surface area contributed by atoms with E-state index in [-0.39, 0.29) is 6.40 Å². The minimum absolute atomic E-state index is 0.349. The molecule has 3 rings (SSSR count). The standard InChI is InChI=1S/C13H10S/c1-3-7-12-10(5-1)9-11-6-2-4-8-13(11)14-12/h1-8H,9H2/i1D,9D. The summed E-state index contributed by atoms with van der Waals surface area (Å²) in [6.07, 6.45) is -0.349. The van der Waals surface area contributed by atoms with E-state index in [4.69, 9.17) is 2.74 Å². The summed E-state index contributed by atoms with van der Waals surface area (Å²) in [7, 11) is 0. The van der Waals surface area contributed by atoms with E-state index in [9.17, 15) is 0 Å². The first-order valence-electron chi connectivity index (χ1n) is 5.63. The highest BCUT2D eigenvalue weighted by Gasteiger charge is 2.13. The van der Waals surface area contributed by atoms with Crippen LogP contribution < -0.4 is 0 Å². The summed E-state index contributed by atoms with van der Waals surface area (Å²) in [5, 5.41) is 0. The lowest BCUT2D eigenvalue weighted by Gasteiger charge is -2.17. The third-order valence-electron chi connectivity index (χ3n) is 2.30. The Labute approximate surface area is 90.8 Å². The van der Waals surface area contributed by atoms with Gasteiger partial charge in [0.1, 0.15) is 0 Å². The SMILES string of the molecule is [2H]c1ccc2c(c1)C([2H])c1ccccc1S2. The summed E-state index contributed by atoms with van der Waals surface area (Å²) in [6.45, 7) is 0. The van der Waals surface area contributed by atoms with Gasteiger partial charge in [0.25, 0.3) is 0 Å². The minimum Gasteiger partial charge on any atom is -0.0895 e. The Morgan fingerprint density at radius 2 is 1.71 bits per heavy atom. The Morgan fingerprint density at radius 3 is 2.64 bits per heavy atom. The van der Waals surface area contributed by atoms with Crippen molar-refractivity contribution < 1.29 is 2.74 Å². The van der Waals surface area contributed by atoms with Crippen LogP contribution in [0.4, 0.5) is 0 Å². The zero-order valence-corrected chi connectivity index (χ0v) is 8.34. The molecular formula is C13H10S. The summed E-state index contributed by atoms with van der Waals surface area (Å²) in [5.74, 6) is 0. The summed E-state index contributed by atoms with van der Waals surface area (Å²) < 4.78 is 15.9. The second-order valence-electron chi connectivity index (χ2n) is 3.25. The van der Waals surface area contributed by atoms with Crippen LogP contribution in [-0.4, -0.2) is 0 Å². The van der Waals surface area contributed by atoms with E-state index in [0.717, 1.165) is 20.9 Å². The molecule has 0 saturated carbocycles. The molecule has 1 atom stereocenters. The fraction of sp³-hybridized carbons (Fsp3) is 0.0769. The highest BCUT2D eigenvalue weighted by Crippen LogP contribution is 2.38. The summed E-state index contributed by atoms with van der Waals surface area (Å²) in [5.41, 5.74) is 2.00. The number of hydrogen-bond donors (Lipinski definition) is 0. The smallest absolute Gasteiger partial charge is 0.0623 e. The molecule has 2 aromatic rings. The molecule has 2 aromatic carbocycles. The van der Waals surface area contributed by atoms with E-state index in [1.165, 1.54) is 0 Å². The molecule has 0 amide bonds. The average molecular weight is 200 g/mol. The molecule has 0 fully saturated rings. The van der Waals surface area contributed by atoms with Gasteiger partial charge in [0.2, 0.25) is 0 Å². The van der Waals surface area contributed by atoms with Crippen LogP contribution in [-0.2, 0) is 6.40 Å². The van der Waals surface area contributed by atoms with E-state index in [2.05, 4.69) is 6.07 Å². The molecule has 0 bridgehead atoms. The third kappa shape index (κ3) is 1.25. The maximum atomic E-state index is 8.24. The summed E-state index contributed by atoms with van der Waals surface area (Å²) in [4.78, 5) is 2.27. The van der Waals surface area contributed by atoms with Gasteiger partial charge >= 0.3 is 0 Å². The lowest BCUT2D eigenvalue weighted by Crippen LogP contribution is -1.98. The monoisotopic (exact) mass is 200 g/mol. The predicted molar refractivity (Wildman–Crippen MR) is 59.8 cm³/mol. The molecule has 1 aliphatic rings. The van der Waals surface area contributed by atoms with Gasteiger partial charge in [0.15, 0.2) is 0 Å². The van der Waals surface area contributed by atoms with Crippen molar-refractivity contribution in [1.29, 1.82) is 0 Å². The van der Waals surface area contributed by atoms with Gasteiger partial charge in [0, 0.05) is 11.2 Å². The molecule has 68 valence electrons. The number of hydrogen-bond acceptors (Lipinski definition) is 1. The molecule has 1 aliphatic heterocycles. The Hall–Kier alpha value is -1.21. The number of fused-ring (bicyclic) bond motifs is 2. The van der Waals surface area contributed by atoms with Gasteiger partial charge in [-0.25, -0.2) is 0 Å². The van der Waals surface area contributed by atoms with Gasteiger partial charge < -0.3 is 0 Å². The first kappa shape index (κ1) is 6.31. The van der Waals surface area contributed by atoms with Crippen molar-refractivity contribution >= 4 is 11.8 Å². The quantitative estimate of drug-likeness (QED) is 0.624. The summed E-state index contributed by atoms with van der Waals surface area (Å²) in [6, 6.07) is 14.0. The highest BCUT2D eigenvalue weighted by atomic mass is 32.2. The number of benzene rings is 2. The van der Waals surface area contributed by atoms with Crippen LogP contribution in [0.15, 0.2) is 58.3 Å². The molecule has 0 aliphatic carbocycles. The largest absolute Gasteiger partial charge is 0.0895 e. The zero-order valence-electron chi connectivity index (χ0n) is 9.53. The van der Waals surface area contributed by atoms with E-state index in [1.54, 1.807) is 23.9 Å². The van der Waals surface area contributed by atoms with Gasteiger partial charge in [-0.05, 0) is 29.7 Å². The fourth-order valence-electron chi connectivity index (χ4n) is 1.61. The zero-order chi connectivity index (χ0) is 11.1. The van der Waals surface area contributed by atoms with Gasteiger partial charge in [-0.3, -0.25) is 0 Å². The van der Waals surface area contributed by atoms with Gasteiger partial charge in [-0.2, -0.15) is 0 Å². The molecule has 0 aromatic heterocycles. The van der Waals surface area contributed by atoms with Gasteiger partial charge in [0.05, 0.1) is 1.37 Å². The van der Waals surface area contributed by atoms with Crippen molar-refractivity contribution in [3.05, 3.63) is 59.6 Å². The van der Waals surface area contributed by atoms with Crippen LogP contribution >= 0.6 is 11.8 Å². The molecule has 14 heavy (non-hydrogen) atoms. The van der Waals surface area contributed by atoms with Crippen molar-refractivity contribution in [3.8, 4) is 0 Å². The highest BCUT2D eigenvalue weighted by molar-refractivity contribution is 7.99. The molecule has 0 N–H and O–H groups in total. The molecule has 0 spiro atoms. The van der Waals surface area contributed by atoms with Crippen molar-refractivity contribution in [3.63, 3.8) is 0 Å². The maximum Gasteiger partial charge on any atom is 0.0623 e. The Kier molecular flexibility index (Phi) is 1.43. The topological polar surface area (TPSA) is 0 Å². The first-order chi connectivity index (χ1) is 7.75. The second-order valence-corrected chi connectivity index (χ2v) is 4.33. The maximum absolute atomic E-state index is 8.24. The van der Waals surface area contributed by atoms with E-state index in [0.29, 0.717) is 6.04 Å². The Balaban J connectivity index is 2.19. The van der Waals surface area contributed by atoms with Crippen LogP contribution in [0.25, 0.3) is 0 Å². The minimum atomic E-state index is -0.349. The van der Waals surface area contributed by atoms with E-state index < -0.39 is 0 Å². The molecule has 1 unspecified atom stereocenters. The van der Waals surface area contributed by atoms with Crippen molar-refractivity contribution in [2.24, 2.45) is 0 Å². The fourth-order valence-corrected chi connectivity index (χ4v) is 2.61. The van der Waals surface area contributed by atoms with Crippen molar-refractivity contribution in [2.75, 3.05) is 0 Å². The lowest BCUT2D eigenvalue weighted by molar-refractivity contribution is 1.06. The van der Waals surface area contributed by atoms with Crippen LogP contribution in [0.3, 0.4) is 0 Å². The number of rotatable bonds is 0. The molecule has 1 heteroatoms. The molecular weight excluding hydrogens is 188 g/mol. The van der Waals surface area contributed by atoms with Crippen LogP contribution in [0, 0.1) is 0 Å². The van der Waals surface area contributed by atoms with E-state index >= 15 is 0 Å². The predicted octanol–water partition coefficient (Wildman–Crippen LogP) is 3.74. The molecule has 1 heterocycles. The van der Waals surface area contributed by atoms with Crippen LogP contribution in [0.1, 0.15) is 13.9 Å². The van der Waals surface area contributed by atoms with Gasteiger partial charge in [-0.15, -0.1) is 0 Å². The Morgan fingerprint density at radius 1 is 1.00 bits per heavy atom. The van der Waals surface area contributed by atoms with Gasteiger partial charge in [-0.1, -0.05) is 48.1 Å². The first-order valence-corrected chi connectivity index (χ1v) is 5.37. The average Bonchev–Trinajstić information content (AvgIpc) is 2.31. The lowest BCUT2D eigenvalue weighted by atomic mass is 10.0. The molecule has 0 radical (unpaired) electrons. The summed E-state index contributed by atoms with van der Waals surface area (Å²) >= 11 is 1.69. The van der Waals surface area contributed by atoms with Crippen molar-refractivity contribution in [2.45, 2.75) is 16.2 Å². The van der Waals surface area contributed by atoms with Crippen LogP contribution in [0.5, 0.6) is 0 Å². The van der Waals surface area contributed by atoms with E-state index in [1.807, 2.05) is 24.3 Å². The molecule has 0 nitrogen and oxygen atoms in total. The second kappa shape index (κ2) is 3.18. The normalized spacial score (nSPS) is 20.4.